The fraction of sp³-hybridized carbons (Fsp3) is 0.200. The molecule has 1 N–H and O–H groups in total. The Morgan fingerprint density at radius 1 is 1.06 bits per heavy atom. The highest BCUT2D eigenvalue weighted by Gasteiger charge is 2.49. The van der Waals surface area contributed by atoms with Crippen molar-refractivity contribution in [3.63, 3.8) is 0 Å². The number of nitrogens with zero attached hydrogens (tertiary/aromatic N) is 1. The fourth-order valence-corrected chi connectivity index (χ4v) is 4.69. The van der Waals surface area contributed by atoms with E-state index in [1.54, 1.807) is 25.1 Å². The third-order valence-corrected chi connectivity index (χ3v) is 6.05. The Balaban J connectivity index is 2.02. The lowest BCUT2D eigenvalue weighted by molar-refractivity contribution is -0.132. The number of rotatable bonds is 4. The van der Waals surface area contributed by atoms with E-state index < -0.39 is 23.5 Å². The molecule has 2 aromatic carbocycles. The zero-order chi connectivity index (χ0) is 24.0. The van der Waals surface area contributed by atoms with Crippen LogP contribution in [0.3, 0.4) is 0 Å². The van der Waals surface area contributed by atoms with E-state index in [2.05, 4.69) is 0 Å². The van der Waals surface area contributed by atoms with E-state index in [9.17, 15) is 14.7 Å². The molecule has 8 heteroatoms. The molecule has 0 spiro atoms. The van der Waals surface area contributed by atoms with Gasteiger partial charge >= 0.3 is 0 Å². The van der Waals surface area contributed by atoms with Gasteiger partial charge in [-0.3, -0.25) is 14.5 Å². The van der Waals surface area contributed by atoms with Crippen LogP contribution < -0.4 is 9.64 Å². The van der Waals surface area contributed by atoms with E-state index in [1.807, 2.05) is 26.0 Å². The second-order valence-electron chi connectivity index (χ2n) is 7.88. The lowest BCUT2D eigenvalue weighted by Crippen LogP contribution is -2.30. The molecule has 1 amide bonds. The number of halogens is 2. The maximum Gasteiger partial charge on any atom is 0.300 e. The minimum atomic E-state index is -0.998. The van der Waals surface area contributed by atoms with Crippen LogP contribution in [-0.4, -0.2) is 23.9 Å². The predicted molar refractivity (Wildman–Crippen MR) is 127 cm³/mol. The maximum absolute atomic E-state index is 13.3. The molecule has 6 nitrogen and oxygen atoms in total. The van der Waals surface area contributed by atoms with Gasteiger partial charge in [0.05, 0.1) is 23.3 Å². The Labute approximate surface area is 201 Å². The van der Waals surface area contributed by atoms with Crippen LogP contribution in [0.4, 0.5) is 5.69 Å². The van der Waals surface area contributed by atoms with Crippen LogP contribution in [0.1, 0.15) is 34.3 Å². The molecule has 1 aliphatic heterocycles. The van der Waals surface area contributed by atoms with Gasteiger partial charge in [0.1, 0.15) is 29.1 Å². The van der Waals surface area contributed by atoms with Crippen molar-refractivity contribution in [2.45, 2.75) is 26.8 Å². The lowest BCUT2D eigenvalue weighted by atomic mass is 9.98. The molecule has 1 aromatic heterocycles. The first-order chi connectivity index (χ1) is 15.6. The van der Waals surface area contributed by atoms with Crippen LogP contribution in [0.5, 0.6) is 5.75 Å². The highest BCUT2D eigenvalue weighted by molar-refractivity contribution is 6.52. The van der Waals surface area contributed by atoms with Gasteiger partial charge in [-0.15, -0.1) is 0 Å². The zero-order valence-electron chi connectivity index (χ0n) is 18.4. The maximum atomic E-state index is 13.3. The first-order valence-electron chi connectivity index (χ1n) is 10.1. The molecule has 1 saturated heterocycles. The van der Waals surface area contributed by atoms with Gasteiger partial charge in [-0.2, -0.15) is 0 Å². The van der Waals surface area contributed by atoms with Gasteiger partial charge in [-0.05, 0) is 56.7 Å². The van der Waals surface area contributed by atoms with Gasteiger partial charge in [-0.1, -0.05) is 40.9 Å². The number of ketones is 1. The van der Waals surface area contributed by atoms with E-state index in [0.29, 0.717) is 17.2 Å². The van der Waals surface area contributed by atoms with Crippen molar-refractivity contribution in [3.8, 4) is 5.75 Å². The topological polar surface area (TPSA) is 80.0 Å². The van der Waals surface area contributed by atoms with Gasteiger partial charge in [0, 0.05) is 10.7 Å². The number of aliphatic hydroxyl groups is 1. The molecule has 33 heavy (non-hydrogen) atoms. The van der Waals surface area contributed by atoms with Crippen molar-refractivity contribution < 1.29 is 23.8 Å². The van der Waals surface area contributed by atoms with E-state index in [-0.39, 0.29) is 26.9 Å². The molecule has 1 atom stereocenters. The summed E-state index contributed by atoms with van der Waals surface area (Å²) in [5, 5.41) is 11.7. The fourth-order valence-electron chi connectivity index (χ4n) is 4.12. The molecular formula is C25H21Cl2NO5. The summed E-state index contributed by atoms with van der Waals surface area (Å²) in [6, 6.07) is 10.8. The van der Waals surface area contributed by atoms with Gasteiger partial charge in [0.2, 0.25) is 0 Å². The monoisotopic (exact) mass is 485 g/mol. The molecule has 170 valence electrons. The third-order valence-electron chi connectivity index (χ3n) is 5.55. The summed E-state index contributed by atoms with van der Waals surface area (Å²) in [7, 11) is 1.38. The lowest BCUT2D eigenvalue weighted by Gasteiger charge is -2.25. The second-order valence-corrected chi connectivity index (χ2v) is 8.72. The van der Waals surface area contributed by atoms with Crippen molar-refractivity contribution in [2.75, 3.05) is 12.0 Å². The Morgan fingerprint density at radius 3 is 2.39 bits per heavy atom. The number of hydrogen-bond acceptors (Lipinski definition) is 5. The van der Waals surface area contributed by atoms with Crippen molar-refractivity contribution in [3.05, 3.63) is 86.3 Å². The van der Waals surface area contributed by atoms with Crippen LogP contribution >= 0.6 is 23.2 Å². The second kappa shape index (κ2) is 8.61. The summed E-state index contributed by atoms with van der Waals surface area (Å²) >= 11 is 12.4. The average Bonchev–Trinajstić information content (AvgIpc) is 3.28. The molecule has 1 fully saturated rings. The summed E-state index contributed by atoms with van der Waals surface area (Å²) in [5.41, 5.74) is 2.30. The van der Waals surface area contributed by atoms with Gasteiger partial charge < -0.3 is 14.3 Å². The zero-order valence-corrected chi connectivity index (χ0v) is 19.9. The number of benzene rings is 2. The molecule has 1 aliphatic rings. The molecule has 2 heterocycles. The smallest absolute Gasteiger partial charge is 0.300 e. The van der Waals surface area contributed by atoms with Crippen LogP contribution in [0.2, 0.25) is 10.0 Å². The van der Waals surface area contributed by atoms with Crippen molar-refractivity contribution in [1.29, 1.82) is 0 Å². The number of aryl methyl sites for hydroxylation is 3. The normalized spacial score (nSPS) is 17.6. The van der Waals surface area contributed by atoms with Crippen LogP contribution in [-0.2, 0) is 9.59 Å². The number of amides is 1. The SMILES string of the molecule is COc1c(Cl)cc(Cl)cc1/C(O)=C1\C(=O)C(=O)N(c2ccc(C)cc2C)C1c1ccc(C)o1. The summed E-state index contributed by atoms with van der Waals surface area (Å²) in [6.07, 6.45) is 0. The third kappa shape index (κ3) is 3.90. The van der Waals surface area contributed by atoms with Crippen molar-refractivity contribution in [2.24, 2.45) is 0 Å². The molecule has 3 aromatic rings. The molecule has 0 bridgehead atoms. The molecular weight excluding hydrogens is 465 g/mol. The summed E-state index contributed by atoms with van der Waals surface area (Å²) in [5.74, 6) is -1.04. The van der Waals surface area contributed by atoms with Crippen LogP contribution in [0, 0.1) is 20.8 Å². The molecule has 1 unspecified atom stereocenters. The van der Waals surface area contributed by atoms with E-state index >= 15 is 0 Å². The summed E-state index contributed by atoms with van der Waals surface area (Å²) in [6.45, 7) is 5.55. The van der Waals surface area contributed by atoms with E-state index in [1.165, 1.54) is 24.1 Å². The number of Topliss-reactive ketones (excluding diaryl/α,β-unsaturated/α-hetero) is 1. The van der Waals surface area contributed by atoms with E-state index in [4.69, 9.17) is 32.4 Å². The number of methoxy groups -OCH3 is 1. The van der Waals surface area contributed by atoms with Gasteiger partial charge in [0.15, 0.2) is 0 Å². The number of hydrogen-bond donors (Lipinski definition) is 1. The number of aliphatic hydroxyl groups excluding tert-OH is 1. The summed E-state index contributed by atoms with van der Waals surface area (Å²) < 4.78 is 11.2. The predicted octanol–water partition coefficient (Wildman–Crippen LogP) is 6.15. The number of ether oxygens (including phenoxy) is 1. The highest BCUT2D eigenvalue weighted by Crippen LogP contribution is 2.45. The van der Waals surface area contributed by atoms with E-state index in [0.717, 1.165) is 11.1 Å². The van der Waals surface area contributed by atoms with Gasteiger partial charge in [-0.25, -0.2) is 0 Å². The first kappa shape index (κ1) is 23.0. The average molecular weight is 486 g/mol. The Morgan fingerprint density at radius 2 is 1.79 bits per heavy atom. The first-order valence-corrected chi connectivity index (χ1v) is 10.9. The Kier molecular flexibility index (Phi) is 5.99. The minimum absolute atomic E-state index is 0.0990. The molecule has 4 rings (SSSR count). The molecule has 0 saturated carbocycles. The minimum Gasteiger partial charge on any atom is -0.507 e. The number of furan rings is 1. The largest absolute Gasteiger partial charge is 0.507 e. The summed E-state index contributed by atoms with van der Waals surface area (Å²) in [4.78, 5) is 27.9. The quantitative estimate of drug-likeness (QED) is 0.272. The molecule has 0 radical (unpaired) electrons. The molecule has 0 aliphatic carbocycles. The number of anilines is 1. The number of carbonyl (C=O) groups excluding carboxylic acids is 2. The van der Waals surface area contributed by atoms with Crippen LogP contribution in [0.15, 0.2) is 52.5 Å². The standard InChI is InChI=1S/C25H21Cl2NO5/c1-12-5-7-18(13(2)9-12)28-21(19-8-6-14(3)33-19)20(23(30)25(28)31)22(29)16-10-15(26)11-17(27)24(16)32-4/h5-11,21,29H,1-4H3/b22-20+. The Bertz CT molecular complexity index is 1320. The van der Waals surface area contributed by atoms with Crippen molar-refractivity contribution >= 4 is 46.3 Å². The Hall–Kier alpha value is -3.22. The van der Waals surface area contributed by atoms with Crippen molar-refractivity contribution in [1.82, 2.24) is 0 Å². The van der Waals surface area contributed by atoms with Gasteiger partial charge in [0.25, 0.3) is 11.7 Å². The number of carbonyl (C=O) groups is 2. The highest BCUT2D eigenvalue weighted by atomic mass is 35.5. The van der Waals surface area contributed by atoms with Crippen LogP contribution in [0.25, 0.3) is 5.76 Å².